The molecule has 1 saturated heterocycles. The maximum absolute atomic E-state index is 3.70. The predicted molar refractivity (Wildman–Crippen MR) is 66.6 cm³/mol. The van der Waals surface area contributed by atoms with Crippen LogP contribution < -0.4 is 5.32 Å². The Hall–Kier alpha value is -0.470. The van der Waals surface area contributed by atoms with E-state index >= 15 is 0 Å². The second-order valence-electron chi connectivity index (χ2n) is 4.57. The maximum Gasteiger partial charge on any atom is 0.0166 e. The third kappa shape index (κ3) is 1.93. The van der Waals surface area contributed by atoms with Gasteiger partial charge in [-0.15, -0.1) is 0 Å². The molecular weight excluding hydrogens is 202 g/mol. The summed E-state index contributed by atoms with van der Waals surface area (Å²) in [7, 11) is 0. The molecule has 1 N–H and O–H groups in total. The molecule has 2 aliphatic rings. The highest BCUT2D eigenvalue weighted by molar-refractivity contribution is 7.99. The van der Waals surface area contributed by atoms with E-state index < -0.39 is 0 Å². The first-order valence-corrected chi connectivity index (χ1v) is 6.98. The fraction of sp³-hybridized carbons (Fsp3) is 0.538. The number of hydrogen-bond acceptors (Lipinski definition) is 2. The zero-order valence-electron chi connectivity index (χ0n) is 8.91. The zero-order chi connectivity index (χ0) is 10.1. The van der Waals surface area contributed by atoms with E-state index in [1.807, 2.05) is 0 Å². The minimum atomic E-state index is 0.780. The first-order valence-electron chi connectivity index (χ1n) is 5.82. The second kappa shape index (κ2) is 4.18. The van der Waals surface area contributed by atoms with Crippen molar-refractivity contribution in [1.82, 2.24) is 5.32 Å². The van der Waals surface area contributed by atoms with Crippen molar-refractivity contribution < 1.29 is 0 Å². The van der Waals surface area contributed by atoms with Gasteiger partial charge >= 0.3 is 0 Å². The van der Waals surface area contributed by atoms with Gasteiger partial charge in [-0.1, -0.05) is 24.3 Å². The number of hydrogen-bond donors (Lipinski definition) is 1. The summed E-state index contributed by atoms with van der Waals surface area (Å²) in [5.41, 5.74) is 3.14. The molecule has 1 fully saturated rings. The molecule has 0 amide bonds. The van der Waals surface area contributed by atoms with E-state index in [1.165, 1.54) is 30.9 Å². The Kier molecular flexibility index (Phi) is 2.72. The SMILES string of the molecule is c1ccc2c(c1)CC2CNC1CCSC1. The van der Waals surface area contributed by atoms with E-state index in [0.29, 0.717) is 0 Å². The Bertz CT molecular complexity index is 344. The standard InChI is InChI=1S/C13H17NS/c1-2-4-13-10(3-1)7-11(13)8-14-12-5-6-15-9-12/h1-4,11-12,14H,5-9H2. The Morgan fingerprint density at radius 3 is 3.07 bits per heavy atom. The van der Waals surface area contributed by atoms with Crippen molar-refractivity contribution in [3.63, 3.8) is 0 Å². The van der Waals surface area contributed by atoms with Crippen LogP contribution in [0.2, 0.25) is 0 Å². The van der Waals surface area contributed by atoms with E-state index in [0.717, 1.165) is 12.0 Å². The van der Waals surface area contributed by atoms with Gasteiger partial charge in [0.25, 0.3) is 0 Å². The summed E-state index contributed by atoms with van der Waals surface area (Å²) in [5, 5.41) is 3.70. The molecule has 0 spiro atoms. The average molecular weight is 219 g/mol. The van der Waals surface area contributed by atoms with Crippen LogP contribution in [0.5, 0.6) is 0 Å². The van der Waals surface area contributed by atoms with Crippen LogP contribution in [0.3, 0.4) is 0 Å². The van der Waals surface area contributed by atoms with Gasteiger partial charge < -0.3 is 5.32 Å². The monoisotopic (exact) mass is 219 g/mol. The first-order chi connectivity index (χ1) is 7.43. The third-order valence-electron chi connectivity index (χ3n) is 3.54. The fourth-order valence-corrected chi connectivity index (χ4v) is 3.74. The summed E-state index contributed by atoms with van der Waals surface area (Å²) >= 11 is 2.08. The van der Waals surface area contributed by atoms with Crippen LogP contribution in [-0.2, 0) is 6.42 Å². The molecule has 1 aliphatic heterocycles. The van der Waals surface area contributed by atoms with Crippen LogP contribution in [0.4, 0.5) is 0 Å². The van der Waals surface area contributed by atoms with Crippen LogP contribution in [0.25, 0.3) is 0 Å². The molecule has 0 radical (unpaired) electrons. The molecule has 2 unspecified atom stereocenters. The second-order valence-corrected chi connectivity index (χ2v) is 5.72. The smallest absolute Gasteiger partial charge is 0.0166 e. The Labute approximate surface area is 95.6 Å². The lowest BCUT2D eigenvalue weighted by atomic mass is 9.77. The quantitative estimate of drug-likeness (QED) is 0.838. The number of fused-ring (bicyclic) bond motifs is 1. The van der Waals surface area contributed by atoms with E-state index in [2.05, 4.69) is 41.3 Å². The van der Waals surface area contributed by atoms with E-state index in [1.54, 1.807) is 11.1 Å². The molecule has 1 aliphatic carbocycles. The van der Waals surface area contributed by atoms with Crippen molar-refractivity contribution in [3.05, 3.63) is 35.4 Å². The van der Waals surface area contributed by atoms with Gasteiger partial charge in [-0.05, 0) is 29.7 Å². The van der Waals surface area contributed by atoms with Gasteiger partial charge in [-0.3, -0.25) is 0 Å². The molecule has 0 aromatic heterocycles. The normalized spacial score (nSPS) is 28.5. The molecule has 15 heavy (non-hydrogen) atoms. The summed E-state index contributed by atoms with van der Waals surface area (Å²) in [4.78, 5) is 0. The highest BCUT2D eigenvalue weighted by atomic mass is 32.2. The van der Waals surface area contributed by atoms with Crippen LogP contribution in [0, 0.1) is 0 Å². The number of benzene rings is 1. The predicted octanol–water partition coefficient (Wildman–Crippen LogP) is 2.42. The number of nitrogens with one attached hydrogen (secondary N) is 1. The van der Waals surface area contributed by atoms with Gasteiger partial charge in [0.1, 0.15) is 0 Å². The molecule has 3 rings (SSSR count). The van der Waals surface area contributed by atoms with Gasteiger partial charge in [0.15, 0.2) is 0 Å². The van der Waals surface area contributed by atoms with Crippen molar-refractivity contribution in [2.75, 3.05) is 18.1 Å². The molecular formula is C13H17NS. The zero-order valence-corrected chi connectivity index (χ0v) is 9.72. The highest BCUT2D eigenvalue weighted by Gasteiger charge is 2.26. The topological polar surface area (TPSA) is 12.0 Å². The minimum absolute atomic E-state index is 0.780. The van der Waals surface area contributed by atoms with Crippen molar-refractivity contribution >= 4 is 11.8 Å². The van der Waals surface area contributed by atoms with Gasteiger partial charge in [0, 0.05) is 24.3 Å². The lowest BCUT2D eigenvalue weighted by Crippen LogP contribution is -2.36. The van der Waals surface area contributed by atoms with Crippen LogP contribution in [0.15, 0.2) is 24.3 Å². The van der Waals surface area contributed by atoms with Crippen molar-refractivity contribution in [2.24, 2.45) is 0 Å². The van der Waals surface area contributed by atoms with Crippen LogP contribution >= 0.6 is 11.8 Å². The van der Waals surface area contributed by atoms with E-state index in [9.17, 15) is 0 Å². The van der Waals surface area contributed by atoms with Crippen molar-refractivity contribution in [1.29, 1.82) is 0 Å². The van der Waals surface area contributed by atoms with Crippen LogP contribution in [-0.4, -0.2) is 24.1 Å². The van der Waals surface area contributed by atoms with Gasteiger partial charge in [-0.2, -0.15) is 11.8 Å². The Morgan fingerprint density at radius 1 is 1.33 bits per heavy atom. The molecule has 2 heteroatoms. The molecule has 1 heterocycles. The summed E-state index contributed by atoms with van der Waals surface area (Å²) < 4.78 is 0. The lowest BCUT2D eigenvalue weighted by molar-refractivity contribution is 0.483. The van der Waals surface area contributed by atoms with Gasteiger partial charge in [0.2, 0.25) is 0 Å². The highest BCUT2D eigenvalue weighted by Crippen LogP contribution is 2.34. The van der Waals surface area contributed by atoms with Gasteiger partial charge in [-0.25, -0.2) is 0 Å². The Morgan fingerprint density at radius 2 is 2.27 bits per heavy atom. The molecule has 1 aromatic carbocycles. The molecule has 2 atom stereocenters. The average Bonchev–Trinajstić information content (AvgIpc) is 2.72. The van der Waals surface area contributed by atoms with Gasteiger partial charge in [0.05, 0.1) is 0 Å². The molecule has 1 aromatic rings. The van der Waals surface area contributed by atoms with E-state index in [-0.39, 0.29) is 0 Å². The third-order valence-corrected chi connectivity index (χ3v) is 4.71. The molecule has 80 valence electrons. The molecule has 0 saturated carbocycles. The van der Waals surface area contributed by atoms with E-state index in [4.69, 9.17) is 0 Å². The number of rotatable bonds is 3. The summed E-state index contributed by atoms with van der Waals surface area (Å²) in [6, 6.07) is 9.64. The maximum atomic E-state index is 3.70. The Balaban J connectivity index is 1.54. The summed E-state index contributed by atoms with van der Waals surface area (Å²) in [5.74, 6) is 3.44. The fourth-order valence-electron chi connectivity index (χ4n) is 2.55. The molecule has 1 nitrogen and oxygen atoms in total. The number of thioether (sulfide) groups is 1. The first kappa shape index (κ1) is 9.73. The largest absolute Gasteiger partial charge is 0.313 e. The summed E-state index contributed by atoms with van der Waals surface area (Å²) in [6.07, 6.45) is 2.64. The summed E-state index contributed by atoms with van der Waals surface area (Å²) in [6.45, 7) is 1.18. The molecule has 0 bridgehead atoms. The van der Waals surface area contributed by atoms with Crippen molar-refractivity contribution in [3.8, 4) is 0 Å². The lowest BCUT2D eigenvalue weighted by Gasteiger charge is -2.31. The van der Waals surface area contributed by atoms with Crippen molar-refractivity contribution in [2.45, 2.75) is 24.8 Å². The minimum Gasteiger partial charge on any atom is -0.313 e. The van der Waals surface area contributed by atoms with Crippen LogP contribution in [0.1, 0.15) is 23.5 Å².